The molecule has 4 heterocycles. The highest BCUT2D eigenvalue weighted by Crippen LogP contribution is 2.49. The number of nitrogens with zero attached hydrogens (tertiary/aromatic N) is 3. The summed E-state index contributed by atoms with van der Waals surface area (Å²) in [6, 6.07) is 3.30. The molecule has 9 amide bonds. The Balaban J connectivity index is 1.18. The number of epoxide rings is 1. The van der Waals surface area contributed by atoms with Crippen molar-refractivity contribution in [2.24, 2.45) is 17.6 Å². The molecule has 0 aromatic heterocycles. The lowest BCUT2D eigenvalue weighted by atomic mass is 9.83. The molecule has 2 fully saturated rings. The van der Waals surface area contributed by atoms with Gasteiger partial charge in [-0.25, -0.2) is 14.9 Å². The number of esters is 1. The van der Waals surface area contributed by atoms with E-state index in [-0.39, 0.29) is 72.6 Å². The Morgan fingerprint density at radius 2 is 1.65 bits per heavy atom. The Morgan fingerprint density at radius 3 is 2.30 bits per heavy atom. The molecule has 1 unspecified atom stereocenters. The lowest BCUT2D eigenvalue weighted by molar-refractivity contribution is -0.271. The van der Waals surface area contributed by atoms with Gasteiger partial charge in [-0.15, -0.1) is 0 Å². The molecule has 0 aliphatic carbocycles. The van der Waals surface area contributed by atoms with Crippen LogP contribution in [-0.4, -0.2) is 182 Å². The molecule has 482 valence electrons. The van der Waals surface area contributed by atoms with Gasteiger partial charge in [-0.2, -0.15) is 0 Å². The third-order valence-electron chi connectivity index (χ3n) is 16.3. The van der Waals surface area contributed by atoms with E-state index >= 15 is 0 Å². The van der Waals surface area contributed by atoms with Crippen molar-refractivity contribution < 1.29 is 81.8 Å². The van der Waals surface area contributed by atoms with E-state index in [0.717, 1.165) is 20.9 Å². The fourth-order valence-corrected chi connectivity index (χ4v) is 11.2. The largest absolute Gasteiger partial charge is 0.496 e. The smallest absolute Gasteiger partial charge is 0.328 e. The van der Waals surface area contributed by atoms with Gasteiger partial charge in [0.2, 0.25) is 30.0 Å². The minimum absolute atomic E-state index is 0.0148. The van der Waals surface area contributed by atoms with E-state index in [1.165, 1.54) is 77.6 Å². The van der Waals surface area contributed by atoms with Crippen molar-refractivity contribution in [2.75, 3.05) is 58.7 Å². The minimum Gasteiger partial charge on any atom is -0.496 e. The Bertz CT molecular complexity index is 3010. The maximum Gasteiger partial charge on any atom is 0.328 e. The number of urea groups is 1. The first-order chi connectivity index (χ1) is 41.5. The summed E-state index contributed by atoms with van der Waals surface area (Å²) in [5.74, 6) is -5.41. The highest BCUT2D eigenvalue weighted by molar-refractivity contribution is 6.35. The highest BCUT2D eigenvalue weighted by atomic mass is 35.5. The zero-order valence-corrected chi connectivity index (χ0v) is 52.4. The minimum atomic E-state index is -1.83. The fourth-order valence-electron chi connectivity index (χ4n) is 10.9. The number of nitrogens with two attached hydrogens (primary N) is 1. The topological polar surface area (TPSA) is 349 Å². The van der Waals surface area contributed by atoms with E-state index < -0.39 is 120 Å². The number of aliphatic hydroxyl groups excluding tert-OH is 1. The van der Waals surface area contributed by atoms with Gasteiger partial charge in [0.1, 0.15) is 52.5 Å². The van der Waals surface area contributed by atoms with E-state index in [1.54, 1.807) is 52.0 Å². The van der Waals surface area contributed by atoms with E-state index in [4.69, 9.17) is 45.8 Å². The number of rotatable bonds is 23. The molecule has 4 bridgehead atoms. The van der Waals surface area contributed by atoms with Crippen LogP contribution in [0.5, 0.6) is 11.5 Å². The van der Waals surface area contributed by atoms with Crippen LogP contribution in [0, 0.1) is 11.8 Å². The van der Waals surface area contributed by atoms with Gasteiger partial charge in [-0.05, 0) is 88.6 Å². The predicted octanol–water partition coefficient (Wildman–Crippen LogP) is 3.49. The van der Waals surface area contributed by atoms with Crippen LogP contribution in [0.4, 0.5) is 16.2 Å². The second-order valence-corrected chi connectivity index (χ2v) is 23.5. The molecular formula is C61H84ClN9O17. The Morgan fingerprint density at radius 1 is 0.955 bits per heavy atom. The number of aliphatic hydroxyl groups is 2. The molecule has 0 saturated carbocycles. The van der Waals surface area contributed by atoms with E-state index in [2.05, 4.69) is 26.6 Å². The number of anilines is 2. The van der Waals surface area contributed by atoms with Crippen molar-refractivity contribution in [3.05, 3.63) is 82.4 Å². The van der Waals surface area contributed by atoms with Crippen molar-refractivity contribution in [3.63, 3.8) is 0 Å². The van der Waals surface area contributed by atoms with Crippen LogP contribution in [0.25, 0.3) is 0 Å². The van der Waals surface area contributed by atoms with Crippen LogP contribution < -0.4 is 46.7 Å². The van der Waals surface area contributed by atoms with Gasteiger partial charge in [-0.3, -0.25) is 38.5 Å². The monoisotopic (exact) mass is 1250 g/mol. The zero-order valence-electron chi connectivity index (χ0n) is 51.6. The number of carbonyl (C=O) groups excluding carboxylic acids is 9. The Hall–Kier alpha value is -7.46. The van der Waals surface area contributed by atoms with Crippen LogP contribution in [0.3, 0.4) is 0 Å². The van der Waals surface area contributed by atoms with Gasteiger partial charge >= 0.3 is 12.0 Å². The number of fused-ring (bicyclic) bond motifs is 5. The molecule has 9 N–H and O–H groups in total. The summed E-state index contributed by atoms with van der Waals surface area (Å²) in [7, 11) is 7.07. The first-order valence-corrected chi connectivity index (χ1v) is 29.6. The van der Waals surface area contributed by atoms with Crippen LogP contribution >= 0.6 is 11.6 Å². The molecule has 88 heavy (non-hydrogen) atoms. The quantitative estimate of drug-likeness (QED) is 0.0342. The number of benzene rings is 2. The van der Waals surface area contributed by atoms with Crippen molar-refractivity contribution in [1.29, 1.82) is 0 Å². The first-order valence-electron chi connectivity index (χ1n) is 29.2. The number of ether oxygens (including phenoxy) is 6. The number of likely N-dealkylation sites (N-methyl/N-ethyl adjacent to an activating group) is 1. The molecule has 27 heteroatoms. The van der Waals surface area contributed by atoms with Crippen molar-refractivity contribution in [3.8, 4) is 11.5 Å². The van der Waals surface area contributed by atoms with Gasteiger partial charge in [0.25, 0.3) is 17.7 Å². The van der Waals surface area contributed by atoms with Crippen molar-refractivity contribution in [1.82, 2.24) is 31.1 Å². The molecule has 26 nitrogen and oxygen atoms in total. The van der Waals surface area contributed by atoms with Crippen LogP contribution in [-0.2, 0) is 58.9 Å². The molecule has 4 aliphatic rings. The molecule has 11 atom stereocenters. The van der Waals surface area contributed by atoms with Crippen molar-refractivity contribution >= 4 is 76.3 Å². The zero-order chi connectivity index (χ0) is 64.9. The van der Waals surface area contributed by atoms with E-state index in [9.17, 15) is 53.4 Å². The van der Waals surface area contributed by atoms with Gasteiger partial charge < -0.3 is 75.4 Å². The molecule has 2 aromatic carbocycles. The van der Waals surface area contributed by atoms with Crippen LogP contribution in [0.15, 0.2) is 66.3 Å². The average molecular weight is 1250 g/mol. The average Bonchev–Trinajstić information content (AvgIpc) is 1.85. The number of hydrogen-bond donors (Lipinski definition) is 8. The normalized spacial score (nSPS) is 25.7. The highest BCUT2D eigenvalue weighted by Gasteiger charge is 2.64. The van der Waals surface area contributed by atoms with E-state index in [1.807, 2.05) is 13.0 Å². The number of nitrogens with one attached hydrogen (secondary N) is 5. The first kappa shape index (κ1) is 69.6. The summed E-state index contributed by atoms with van der Waals surface area (Å²) in [5, 5.41) is 36.4. The SMILES string of the molecule is COc1cc(NC(=O)[C@H](CCCNC(N)=O)NC(=O)[C@@H](NC(=O)CCCCCN2C(=O)C=CC2=O)C(C)C)ccc1C(=O)N(C)[C@@H](C)C(=O)O[C@H]1CC(=O)N(C)c2cc(cc(OC)c2Cl)C/C(C)=C/C=C/[C@@H](OC)[C@@]2(O)C[C@H](OC(O)N2)[C@@H](C)[C@@H]2O[C@@]12C. The second kappa shape index (κ2) is 30.6. The number of allylic oxidation sites excluding steroid dienone is 3. The molecule has 4 aliphatic heterocycles. The van der Waals surface area contributed by atoms with Gasteiger partial charge in [0.15, 0.2) is 5.72 Å². The van der Waals surface area contributed by atoms with Crippen LogP contribution in [0.2, 0.25) is 5.02 Å². The summed E-state index contributed by atoms with van der Waals surface area (Å²) < 4.78 is 35.5. The third kappa shape index (κ3) is 17.4. The maximum atomic E-state index is 14.6. The number of imide groups is 1. The number of amides is 9. The lowest BCUT2D eigenvalue weighted by Gasteiger charge is -2.44. The van der Waals surface area contributed by atoms with Crippen molar-refractivity contribution in [2.45, 2.75) is 160 Å². The molecule has 6 rings (SSSR count). The Labute approximate surface area is 517 Å². The number of hydrogen-bond acceptors (Lipinski definition) is 18. The fraction of sp³-hybridized carbons (Fsp3) is 0.557. The molecule has 2 saturated heterocycles. The molecule has 2 aromatic rings. The Kier molecular flexibility index (Phi) is 24.2. The van der Waals surface area contributed by atoms with Gasteiger partial charge in [0.05, 0.1) is 44.1 Å². The molecular weight excluding hydrogens is 1170 g/mol. The van der Waals surface area contributed by atoms with E-state index in [0.29, 0.717) is 37.1 Å². The summed E-state index contributed by atoms with van der Waals surface area (Å²) >= 11 is 6.86. The second-order valence-electron chi connectivity index (χ2n) is 23.1. The number of halogens is 1. The van der Waals surface area contributed by atoms with Gasteiger partial charge in [-0.1, -0.05) is 62.6 Å². The number of carbonyl (C=O) groups is 9. The number of methoxy groups -OCH3 is 3. The van der Waals surface area contributed by atoms with Gasteiger partial charge in [0, 0.05) is 77.0 Å². The van der Waals surface area contributed by atoms with Crippen LogP contribution in [0.1, 0.15) is 109 Å². The molecule has 0 radical (unpaired) electrons. The predicted molar refractivity (Wildman–Crippen MR) is 322 cm³/mol. The third-order valence-corrected chi connectivity index (χ3v) is 16.7. The summed E-state index contributed by atoms with van der Waals surface area (Å²) in [4.78, 5) is 123. The summed E-state index contributed by atoms with van der Waals surface area (Å²) in [5.41, 5.74) is 4.13. The summed E-state index contributed by atoms with van der Waals surface area (Å²) in [6.07, 6.45) is 3.70. The summed E-state index contributed by atoms with van der Waals surface area (Å²) in [6.45, 7) is 10.5. The number of primary amides is 1. The maximum absolute atomic E-state index is 14.6. The lowest BCUT2D eigenvalue weighted by Crippen LogP contribution is -2.65. The number of unbranched alkanes of at least 4 members (excludes halogenated alkanes) is 2. The molecule has 0 spiro atoms. The standard InChI is InChI=1S/C61H84ClN9O17/c1-33(2)52(67-47(72)20-13-12-14-26-71-48(73)23-24-49(71)74)55(77)66-40(18-16-25-64-58(63)80)54(76)65-38-21-22-39(42(30-38)83-9)56(78)69(7)36(5)57(79)87-46-31-50(75)70(8)41-28-37(29-43(84-10)51(41)62)27-34(3)17-15-19-45(85-11)61(82)32-44(86-59(81)68-61)35(4)53-60(46,6)88-53/h15,17,19,21-24,28-30,33,35-36,40,44-46,52-53,59,68,81-82H,12-14,16,18,20,25-27,31-32H2,1-11H3,(H,65,76)(H,66,77)(H,67,72)(H3,63,64,80)/b19-15+,34-17+/t35-,36+,40+,44+,45-,46+,52+,53+,59?,60+,61+/m1/s1.